The number of aromatic nitrogens is 1. The Bertz CT molecular complexity index is 568. The van der Waals surface area contributed by atoms with Gasteiger partial charge in [0.2, 0.25) is 0 Å². The second kappa shape index (κ2) is 11.8. The highest BCUT2D eigenvalue weighted by Crippen LogP contribution is 2.25. The van der Waals surface area contributed by atoms with E-state index in [0.717, 1.165) is 50.9 Å². The number of hydrogen-bond acceptors (Lipinski definition) is 4. The van der Waals surface area contributed by atoms with Crippen LogP contribution in [0.25, 0.3) is 0 Å². The molecular weight excluding hydrogens is 463 g/mol. The van der Waals surface area contributed by atoms with E-state index in [-0.39, 0.29) is 24.0 Å². The summed E-state index contributed by atoms with van der Waals surface area (Å²) < 4.78 is 0. The van der Waals surface area contributed by atoms with E-state index in [0.29, 0.717) is 17.1 Å². The van der Waals surface area contributed by atoms with E-state index < -0.39 is 0 Å². The highest BCUT2D eigenvalue weighted by molar-refractivity contribution is 14.0. The Morgan fingerprint density at radius 2 is 2.27 bits per heavy atom. The summed E-state index contributed by atoms with van der Waals surface area (Å²) >= 11 is 6.26. The van der Waals surface area contributed by atoms with Crippen LogP contribution in [0.1, 0.15) is 27.2 Å². The van der Waals surface area contributed by atoms with Gasteiger partial charge in [0.15, 0.2) is 5.96 Å². The van der Waals surface area contributed by atoms with Crippen molar-refractivity contribution < 1.29 is 0 Å². The van der Waals surface area contributed by atoms with E-state index in [4.69, 9.17) is 11.6 Å². The van der Waals surface area contributed by atoms with Crippen LogP contribution in [0.3, 0.4) is 0 Å². The molecule has 0 saturated carbocycles. The van der Waals surface area contributed by atoms with Gasteiger partial charge >= 0.3 is 0 Å². The first kappa shape index (κ1) is 23.2. The molecule has 1 unspecified atom stereocenters. The van der Waals surface area contributed by atoms with Gasteiger partial charge in [-0.25, -0.2) is 4.98 Å². The molecule has 1 aromatic rings. The number of aliphatic imine (C=N–C) groups is 1. The van der Waals surface area contributed by atoms with Crippen molar-refractivity contribution in [1.82, 2.24) is 20.5 Å². The molecule has 8 heteroatoms. The van der Waals surface area contributed by atoms with Gasteiger partial charge in [-0.1, -0.05) is 18.5 Å². The molecule has 1 aliphatic heterocycles. The summed E-state index contributed by atoms with van der Waals surface area (Å²) in [6.07, 6.45) is 2.83. The van der Waals surface area contributed by atoms with Gasteiger partial charge in [-0.2, -0.15) is 0 Å². The lowest BCUT2D eigenvalue weighted by Crippen LogP contribution is -2.47. The molecule has 1 fully saturated rings. The van der Waals surface area contributed by atoms with E-state index >= 15 is 0 Å². The first-order valence-corrected chi connectivity index (χ1v) is 9.49. The lowest BCUT2D eigenvalue weighted by Gasteiger charge is -2.25. The van der Waals surface area contributed by atoms with Crippen LogP contribution in [-0.2, 0) is 0 Å². The van der Waals surface area contributed by atoms with Gasteiger partial charge in [0.1, 0.15) is 5.82 Å². The van der Waals surface area contributed by atoms with Crippen molar-refractivity contribution in [2.24, 2.45) is 4.99 Å². The van der Waals surface area contributed by atoms with E-state index in [1.54, 1.807) is 6.20 Å². The highest BCUT2D eigenvalue weighted by atomic mass is 127. The first-order chi connectivity index (χ1) is 12.0. The molecule has 0 radical (unpaired) electrons. The summed E-state index contributed by atoms with van der Waals surface area (Å²) in [6, 6.07) is 4.66. The molecule has 0 spiro atoms. The summed E-state index contributed by atoms with van der Waals surface area (Å²) in [5.41, 5.74) is 0. The lowest BCUT2D eigenvalue weighted by atomic mass is 10.3. The number of anilines is 1. The predicted molar refractivity (Wildman–Crippen MR) is 122 cm³/mol. The summed E-state index contributed by atoms with van der Waals surface area (Å²) in [4.78, 5) is 13.4. The predicted octanol–water partition coefficient (Wildman–Crippen LogP) is 2.83. The molecule has 1 aromatic heterocycles. The number of halogens is 2. The topological polar surface area (TPSA) is 55.8 Å². The highest BCUT2D eigenvalue weighted by Gasteiger charge is 2.25. The van der Waals surface area contributed by atoms with E-state index in [1.165, 1.54) is 0 Å². The number of hydrogen-bond donors (Lipinski definition) is 2. The maximum atomic E-state index is 6.26. The van der Waals surface area contributed by atoms with Crippen molar-refractivity contribution in [2.45, 2.75) is 39.3 Å². The zero-order chi connectivity index (χ0) is 18.2. The molecule has 26 heavy (non-hydrogen) atoms. The van der Waals surface area contributed by atoms with Gasteiger partial charge in [0.25, 0.3) is 0 Å². The Balaban J connectivity index is 0.00000338. The molecule has 0 bridgehead atoms. The quantitative estimate of drug-likeness (QED) is 0.347. The van der Waals surface area contributed by atoms with Crippen LogP contribution < -0.4 is 15.5 Å². The standard InChI is InChI=1S/C18H31ClN6.HI/c1-5-24(14(2)3)12-10-22-18(20-4)23-15-8-11-25(13-15)17-16(19)7-6-9-21-17;/h6-7,9,14-15H,5,8,10-13H2,1-4H3,(H2,20,22,23);1H. The smallest absolute Gasteiger partial charge is 0.191 e. The van der Waals surface area contributed by atoms with Crippen molar-refractivity contribution in [2.75, 3.05) is 44.7 Å². The fourth-order valence-electron chi connectivity index (χ4n) is 3.17. The fourth-order valence-corrected chi connectivity index (χ4v) is 3.41. The zero-order valence-corrected chi connectivity index (χ0v) is 19.3. The van der Waals surface area contributed by atoms with Gasteiger partial charge in [0.05, 0.1) is 5.02 Å². The average molecular weight is 495 g/mol. The molecule has 0 aliphatic carbocycles. The summed E-state index contributed by atoms with van der Waals surface area (Å²) in [7, 11) is 1.82. The third-order valence-electron chi connectivity index (χ3n) is 4.62. The number of guanidine groups is 1. The molecule has 2 N–H and O–H groups in total. The zero-order valence-electron chi connectivity index (χ0n) is 16.2. The van der Waals surface area contributed by atoms with Gasteiger partial charge in [-0.05, 0) is 38.9 Å². The largest absolute Gasteiger partial charge is 0.355 e. The fraction of sp³-hybridized carbons (Fsp3) is 0.667. The molecule has 6 nitrogen and oxygen atoms in total. The molecule has 1 saturated heterocycles. The minimum atomic E-state index is 0. The van der Waals surface area contributed by atoms with Crippen molar-refractivity contribution in [1.29, 1.82) is 0 Å². The molecule has 2 heterocycles. The minimum absolute atomic E-state index is 0. The summed E-state index contributed by atoms with van der Waals surface area (Å²) in [5.74, 6) is 1.73. The van der Waals surface area contributed by atoms with Gasteiger partial charge in [-0.3, -0.25) is 9.89 Å². The van der Waals surface area contributed by atoms with Gasteiger partial charge in [-0.15, -0.1) is 24.0 Å². The Kier molecular flexibility index (Phi) is 10.6. The van der Waals surface area contributed by atoms with Crippen molar-refractivity contribution >= 4 is 47.4 Å². The van der Waals surface area contributed by atoms with E-state index in [2.05, 4.69) is 51.2 Å². The first-order valence-electron chi connectivity index (χ1n) is 9.11. The molecule has 1 atom stereocenters. The van der Waals surface area contributed by atoms with Crippen LogP contribution in [0.2, 0.25) is 5.02 Å². The second-order valence-corrected chi connectivity index (χ2v) is 7.01. The van der Waals surface area contributed by atoms with Crippen LogP contribution in [0, 0.1) is 0 Å². The third kappa shape index (κ3) is 6.74. The van der Waals surface area contributed by atoms with Gasteiger partial charge in [0, 0.05) is 51.5 Å². The number of likely N-dealkylation sites (N-methyl/N-ethyl adjacent to an activating group) is 1. The maximum absolute atomic E-state index is 6.26. The summed E-state index contributed by atoms with van der Waals surface area (Å²) in [5, 5.41) is 7.64. The average Bonchev–Trinajstić information content (AvgIpc) is 3.06. The van der Waals surface area contributed by atoms with Crippen molar-refractivity contribution in [3.05, 3.63) is 23.4 Å². The lowest BCUT2D eigenvalue weighted by molar-refractivity contribution is 0.237. The Labute approximate surface area is 179 Å². The number of pyridine rings is 1. The molecule has 148 valence electrons. The summed E-state index contributed by atoms with van der Waals surface area (Å²) in [6.45, 7) is 11.4. The van der Waals surface area contributed by atoms with E-state index in [9.17, 15) is 0 Å². The van der Waals surface area contributed by atoms with Crippen LogP contribution >= 0.6 is 35.6 Å². The maximum Gasteiger partial charge on any atom is 0.191 e. The second-order valence-electron chi connectivity index (χ2n) is 6.61. The third-order valence-corrected chi connectivity index (χ3v) is 4.91. The van der Waals surface area contributed by atoms with Crippen LogP contribution in [0.5, 0.6) is 0 Å². The molecule has 0 aromatic carbocycles. The monoisotopic (exact) mass is 494 g/mol. The normalized spacial score (nSPS) is 17.6. The molecule has 0 amide bonds. The SMILES string of the molecule is CCN(CCNC(=NC)NC1CCN(c2ncccc2Cl)C1)C(C)C.I. The molecular formula is C18H32ClIN6. The molecule has 1 aliphatic rings. The van der Waals surface area contributed by atoms with Crippen molar-refractivity contribution in [3.8, 4) is 0 Å². The van der Waals surface area contributed by atoms with Gasteiger partial charge < -0.3 is 15.5 Å². The van der Waals surface area contributed by atoms with Crippen LogP contribution in [-0.4, -0.2) is 67.7 Å². The Hall–Kier alpha value is -0.800. The Morgan fingerprint density at radius 1 is 1.50 bits per heavy atom. The molecule has 2 rings (SSSR count). The number of rotatable bonds is 7. The minimum Gasteiger partial charge on any atom is -0.355 e. The number of nitrogens with one attached hydrogen (secondary N) is 2. The number of nitrogens with zero attached hydrogens (tertiary/aromatic N) is 4. The van der Waals surface area contributed by atoms with E-state index in [1.807, 2.05) is 19.2 Å². The Morgan fingerprint density at radius 3 is 2.88 bits per heavy atom. The van der Waals surface area contributed by atoms with Crippen LogP contribution in [0.4, 0.5) is 5.82 Å². The van der Waals surface area contributed by atoms with Crippen LogP contribution in [0.15, 0.2) is 23.3 Å². The van der Waals surface area contributed by atoms with Crippen molar-refractivity contribution in [3.63, 3.8) is 0 Å².